The van der Waals surface area contributed by atoms with E-state index in [9.17, 15) is 14.0 Å². The van der Waals surface area contributed by atoms with E-state index in [0.717, 1.165) is 5.56 Å². The standard InChI is InChI=1S/C20H14F2N6/c1-11-12(8-23)4-2-5-13(11)17-18-19(27-20(24)26-17)28(10-25-18)9-14-15(21)6-3-7-16(14)22/h2-7,10H,9H2,1H3,(H2,24,26,27). The SMILES string of the molecule is Cc1c(C#N)cccc1-c1nc(N)nc2c1ncn2Cc1c(F)cccc1F. The highest BCUT2D eigenvalue weighted by atomic mass is 19.1. The Hall–Kier alpha value is -3.86. The largest absolute Gasteiger partial charge is 0.368 e. The molecule has 2 N–H and O–H groups in total. The fourth-order valence-electron chi connectivity index (χ4n) is 3.13. The zero-order valence-electron chi connectivity index (χ0n) is 14.8. The van der Waals surface area contributed by atoms with Gasteiger partial charge in [-0.2, -0.15) is 10.2 Å². The maximum atomic E-state index is 14.0. The Morgan fingerprint density at radius 1 is 1.11 bits per heavy atom. The van der Waals surface area contributed by atoms with Gasteiger partial charge in [0.25, 0.3) is 0 Å². The second kappa shape index (κ2) is 6.70. The van der Waals surface area contributed by atoms with E-state index in [1.165, 1.54) is 29.1 Å². The van der Waals surface area contributed by atoms with Gasteiger partial charge in [-0.3, -0.25) is 0 Å². The maximum Gasteiger partial charge on any atom is 0.222 e. The van der Waals surface area contributed by atoms with Crippen LogP contribution in [0.2, 0.25) is 0 Å². The molecule has 28 heavy (non-hydrogen) atoms. The van der Waals surface area contributed by atoms with Crippen molar-refractivity contribution >= 4 is 17.1 Å². The van der Waals surface area contributed by atoms with Crippen molar-refractivity contribution < 1.29 is 8.78 Å². The first-order chi connectivity index (χ1) is 13.5. The minimum atomic E-state index is -0.651. The molecule has 0 atom stereocenters. The number of halogens is 2. The molecule has 6 nitrogen and oxygen atoms in total. The Bertz CT molecular complexity index is 1240. The van der Waals surface area contributed by atoms with Crippen LogP contribution in [0.3, 0.4) is 0 Å². The van der Waals surface area contributed by atoms with Crippen LogP contribution in [0.4, 0.5) is 14.7 Å². The van der Waals surface area contributed by atoms with Crippen LogP contribution < -0.4 is 5.73 Å². The average molecular weight is 376 g/mol. The van der Waals surface area contributed by atoms with E-state index in [1.807, 2.05) is 13.0 Å². The highest BCUT2D eigenvalue weighted by Gasteiger charge is 2.18. The van der Waals surface area contributed by atoms with E-state index in [1.54, 1.807) is 12.1 Å². The predicted molar refractivity (Wildman–Crippen MR) is 100 cm³/mol. The van der Waals surface area contributed by atoms with Crippen molar-refractivity contribution in [2.75, 3.05) is 5.73 Å². The molecule has 4 rings (SSSR count). The summed E-state index contributed by atoms with van der Waals surface area (Å²) in [5.41, 5.74) is 8.98. The van der Waals surface area contributed by atoms with Crippen molar-refractivity contribution in [2.45, 2.75) is 13.5 Å². The number of rotatable bonds is 3. The van der Waals surface area contributed by atoms with Crippen molar-refractivity contribution in [2.24, 2.45) is 0 Å². The molecule has 0 amide bonds. The average Bonchev–Trinajstić information content (AvgIpc) is 3.07. The molecule has 4 aromatic rings. The van der Waals surface area contributed by atoms with Crippen molar-refractivity contribution in [1.29, 1.82) is 5.26 Å². The van der Waals surface area contributed by atoms with Crippen LogP contribution in [0.25, 0.3) is 22.4 Å². The number of nitrogen functional groups attached to an aromatic ring is 1. The van der Waals surface area contributed by atoms with Gasteiger partial charge in [0.05, 0.1) is 24.5 Å². The van der Waals surface area contributed by atoms with E-state index in [4.69, 9.17) is 5.73 Å². The first-order valence-electron chi connectivity index (χ1n) is 8.41. The summed E-state index contributed by atoms with van der Waals surface area (Å²) in [6, 6.07) is 11.1. The van der Waals surface area contributed by atoms with Crippen molar-refractivity contribution in [3.63, 3.8) is 0 Å². The number of anilines is 1. The second-order valence-corrected chi connectivity index (χ2v) is 6.27. The quantitative estimate of drug-likeness (QED) is 0.590. The molecule has 0 aliphatic carbocycles. The van der Waals surface area contributed by atoms with Gasteiger partial charge in [0.15, 0.2) is 5.65 Å². The first-order valence-corrected chi connectivity index (χ1v) is 8.41. The van der Waals surface area contributed by atoms with Gasteiger partial charge >= 0.3 is 0 Å². The van der Waals surface area contributed by atoms with Crippen LogP contribution in [0.15, 0.2) is 42.7 Å². The van der Waals surface area contributed by atoms with Gasteiger partial charge in [0.1, 0.15) is 22.8 Å². The van der Waals surface area contributed by atoms with E-state index in [2.05, 4.69) is 21.0 Å². The first kappa shape index (κ1) is 17.5. The lowest BCUT2D eigenvalue weighted by Crippen LogP contribution is -2.06. The summed E-state index contributed by atoms with van der Waals surface area (Å²) in [5.74, 6) is -1.30. The van der Waals surface area contributed by atoms with Gasteiger partial charge in [-0.25, -0.2) is 18.7 Å². The Balaban J connectivity index is 1.90. The van der Waals surface area contributed by atoms with Gasteiger partial charge in [-0.1, -0.05) is 18.2 Å². The molecule has 0 radical (unpaired) electrons. The summed E-state index contributed by atoms with van der Waals surface area (Å²) < 4.78 is 29.6. The molecule has 0 unspecified atom stereocenters. The van der Waals surface area contributed by atoms with Gasteiger partial charge in [0, 0.05) is 11.1 Å². The maximum absolute atomic E-state index is 14.0. The number of aromatic nitrogens is 4. The molecular formula is C20H14F2N6. The summed E-state index contributed by atoms with van der Waals surface area (Å²) in [4.78, 5) is 12.8. The number of hydrogen-bond acceptors (Lipinski definition) is 5. The molecule has 0 fully saturated rings. The fraction of sp³-hybridized carbons (Fsp3) is 0.100. The molecule has 2 aromatic carbocycles. The smallest absolute Gasteiger partial charge is 0.222 e. The Morgan fingerprint density at radius 3 is 2.54 bits per heavy atom. The molecule has 0 bridgehead atoms. The molecular weight excluding hydrogens is 362 g/mol. The van der Waals surface area contributed by atoms with Crippen molar-refractivity contribution in [3.8, 4) is 17.3 Å². The molecule has 0 saturated carbocycles. The molecule has 0 saturated heterocycles. The molecule has 2 aromatic heterocycles. The highest BCUT2D eigenvalue weighted by molar-refractivity contribution is 5.89. The Labute approximate surface area is 158 Å². The van der Waals surface area contributed by atoms with Crippen molar-refractivity contribution in [1.82, 2.24) is 19.5 Å². The second-order valence-electron chi connectivity index (χ2n) is 6.27. The zero-order chi connectivity index (χ0) is 19.8. The van der Waals surface area contributed by atoms with Crippen LogP contribution in [0, 0.1) is 29.9 Å². The van der Waals surface area contributed by atoms with Crippen LogP contribution >= 0.6 is 0 Å². The van der Waals surface area contributed by atoms with E-state index < -0.39 is 11.6 Å². The molecule has 138 valence electrons. The monoisotopic (exact) mass is 376 g/mol. The lowest BCUT2D eigenvalue weighted by Gasteiger charge is -2.10. The number of imidazole rings is 1. The van der Waals surface area contributed by atoms with Gasteiger partial charge in [-0.05, 0) is 30.7 Å². The highest BCUT2D eigenvalue weighted by Crippen LogP contribution is 2.30. The number of benzene rings is 2. The zero-order valence-corrected chi connectivity index (χ0v) is 14.8. The topological polar surface area (TPSA) is 93.4 Å². The minimum Gasteiger partial charge on any atom is -0.368 e. The lowest BCUT2D eigenvalue weighted by molar-refractivity contribution is 0.546. The third-order valence-corrected chi connectivity index (χ3v) is 4.58. The normalized spacial score (nSPS) is 10.9. The van der Waals surface area contributed by atoms with Crippen LogP contribution in [0.1, 0.15) is 16.7 Å². The summed E-state index contributed by atoms with van der Waals surface area (Å²) in [6.07, 6.45) is 1.44. The third kappa shape index (κ3) is 2.83. The third-order valence-electron chi connectivity index (χ3n) is 4.58. The number of nitrogens with zero attached hydrogens (tertiary/aromatic N) is 5. The number of hydrogen-bond donors (Lipinski definition) is 1. The summed E-state index contributed by atoms with van der Waals surface area (Å²) in [7, 11) is 0. The van der Waals surface area contributed by atoms with Gasteiger partial charge in [0.2, 0.25) is 5.95 Å². The number of fused-ring (bicyclic) bond motifs is 1. The predicted octanol–water partition coefficient (Wildman–Crippen LogP) is 3.58. The molecule has 0 aliphatic rings. The number of nitrogens with two attached hydrogens (primary N) is 1. The molecule has 0 spiro atoms. The van der Waals surface area contributed by atoms with Crippen LogP contribution in [-0.4, -0.2) is 19.5 Å². The molecule has 2 heterocycles. The van der Waals surface area contributed by atoms with E-state index >= 15 is 0 Å². The summed E-state index contributed by atoms with van der Waals surface area (Å²) >= 11 is 0. The Morgan fingerprint density at radius 2 is 1.82 bits per heavy atom. The number of nitriles is 1. The molecule has 0 aliphatic heterocycles. The summed E-state index contributed by atoms with van der Waals surface area (Å²) in [5, 5.41) is 9.28. The Kier molecular flexibility index (Phi) is 4.20. The van der Waals surface area contributed by atoms with Crippen LogP contribution in [0.5, 0.6) is 0 Å². The summed E-state index contributed by atoms with van der Waals surface area (Å²) in [6.45, 7) is 1.71. The van der Waals surface area contributed by atoms with E-state index in [0.29, 0.717) is 28.0 Å². The minimum absolute atomic E-state index is 0.0000151. The fourth-order valence-corrected chi connectivity index (χ4v) is 3.13. The van der Waals surface area contributed by atoms with E-state index in [-0.39, 0.29) is 18.1 Å². The van der Waals surface area contributed by atoms with Crippen molar-refractivity contribution in [3.05, 3.63) is 71.1 Å². The van der Waals surface area contributed by atoms with Crippen LogP contribution in [-0.2, 0) is 6.54 Å². The molecule has 8 heteroatoms. The van der Waals surface area contributed by atoms with Gasteiger partial charge < -0.3 is 10.3 Å². The lowest BCUT2D eigenvalue weighted by atomic mass is 10.00. The van der Waals surface area contributed by atoms with Gasteiger partial charge in [-0.15, -0.1) is 0 Å².